The van der Waals surface area contributed by atoms with Crippen molar-refractivity contribution in [3.63, 3.8) is 0 Å². The lowest BCUT2D eigenvalue weighted by atomic mass is 9.80. The summed E-state index contributed by atoms with van der Waals surface area (Å²) < 4.78 is 12.8. The first-order chi connectivity index (χ1) is 4.70. The molecular weight excluding hydrogens is 149 g/mol. The summed E-state index contributed by atoms with van der Waals surface area (Å²) in [7, 11) is 5.51. The normalized spacial score (nSPS) is 42.8. The van der Waals surface area contributed by atoms with Gasteiger partial charge in [0.1, 0.15) is 0 Å². The largest absolute Gasteiger partial charge is 0.248 e. The minimum absolute atomic E-state index is 0.0933. The van der Waals surface area contributed by atoms with E-state index >= 15 is 0 Å². The van der Waals surface area contributed by atoms with E-state index in [1.807, 2.05) is 0 Å². The summed E-state index contributed by atoms with van der Waals surface area (Å²) in [6.45, 7) is 0. The molecule has 0 spiro atoms. The molecule has 1 fully saturated rings. The smallest absolute Gasteiger partial charge is 0.0952 e. The molecule has 0 aliphatic heterocycles. The molecule has 0 amide bonds. The minimum Gasteiger partial charge on any atom is -0.248 e. The predicted molar refractivity (Wildman–Crippen MR) is 42.5 cm³/mol. The fourth-order valence-corrected chi connectivity index (χ4v) is 1.67. The van der Waals surface area contributed by atoms with E-state index in [2.05, 4.69) is 0 Å². The first kappa shape index (κ1) is 8.38. The molecule has 1 saturated carbocycles. The molecule has 0 aromatic rings. The average molecular weight is 160 g/mol. The summed E-state index contributed by atoms with van der Waals surface area (Å²) in [5.41, 5.74) is 0. The molecule has 1 rings (SSSR count). The average Bonchev–Trinajstić information content (AvgIpc) is 1.96. The molecular formula is C7H11BClF. The van der Waals surface area contributed by atoms with Gasteiger partial charge in [-0.1, -0.05) is 0 Å². The van der Waals surface area contributed by atoms with Crippen LogP contribution in [0.5, 0.6) is 0 Å². The van der Waals surface area contributed by atoms with Crippen molar-refractivity contribution < 1.29 is 4.39 Å². The topological polar surface area (TPSA) is 0 Å². The van der Waals surface area contributed by atoms with Crippen LogP contribution in [0.4, 0.5) is 4.39 Å². The third-order valence-corrected chi connectivity index (χ3v) is 2.39. The van der Waals surface area contributed by atoms with Crippen LogP contribution >= 0.6 is 11.6 Å². The van der Waals surface area contributed by atoms with Crippen LogP contribution in [0.1, 0.15) is 25.7 Å². The molecule has 3 atom stereocenters. The highest BCUT2D eigenvalue weighted by atomic mass is 35.5. The van der Waals surface area contributed by atoms with E-state index < -0.39 is 6.17 Å². The maximum atomic E-state index is 12.8. The molecule has 1 aliphatic carbocycles. The molecule has 2 unspecified atom stereocenters. The summed E-state index contributed by atoms with van der Waals surface area (Å²) in [5.74, 6) is -0.329. The Hall–Kier alpha value is 0.285. The Morgan fingerprint density at radius 3 is 2.80 bits per heavy atom. The first-order valence-corrected chi connectivity index (χ1v) is 4.17. The van der Waals surface area contributed by atoms with Crippen molar-refractivity contribution in [2.24, 2.45) is 0 Å². The number of hydrogen-bond donors (Lipinski definition) is 0. The van der Waals surface area contributed by atoms with E-state index in [9.17, 15) is 4.39 Å². The molecule has 10 heavy (non-hydrogen) atoms. The van der Waals surface area contributed by atoms with Crippen LogP contribution < -0.4 is 0 Å². The van der Waals surface area contributed by atoms with Crippen LogP contribution in [0.2, 0.25) is 5.82 Å². The van der Waals surface area contributed by atoms with E-state index in [0.717, 1.165) is 12.8 Å². The number of hydrogen-bond acceptors (Lipinski definition) is 0. The molecule has 0 aromatic heterocycles. The second-order valence-electron chi connectivity index (χ2n) is 2.94. The molecule has 0 saturated heterocycles. The van der Waals surface area contributed by atoms with Crippen LogP contribution in [0.25, 0.3) is 0 Å². The highest BCUT2D eigenvalue weighted by molar-refractivity contribution is 6.21. The molecule has 56 valence electrons. The summed E-state index contributed by atoms with van der Waals surface area (Å²) in [5, 5.41) is 0.0933. The summed E-state index contributed by atoms with van der Waals surface area (Å²) in [4.78, 5) is 0. The second-order valence-corrected chi connectivity index (χ2v) is 3.56. The molecule has 2 radical (unpaired) electrons. The van der Waals surface area contributed by atoms with Crippen molar-refractivity contribution in [2.75, 3.05) is 0 Å². The standard InChI is InChI=1S/C7H11BClF/c8-6-4-5(9)2-1-3-7(6)10/h5-7H,1-4H2/t5-,6?,7?/m1/s1. The molecule has 0 aromatic carbocycles. The van der Waals surface area contributed by atoms with Crippen molar-refractivity contribution in [3.05, 3.63) is 0 Å². The zero-order chi connectivity index (χ0) is 7.56. The molecule has 0 nitrogen and oxygen atoms in total. The maximum absolute atomic E-state index is 12.8. The lowest BCUT2D eigenvalue weighted by molar-refractivity contribution is 0.301. The fourth-order valence-electron chi connectivity index (χ4n) is 1.31. The Morgan fingerprint density at radius 1 is 1.40 bits per heavy atom. The second kappa shape index (κ2) is 3.61. The highest BCUT2D eigenvalue weighted by Crippen LogP contribution is 2.30. The van der Waals surface area contributed by atoms with E-state index in [1.165, 1.54) is 0 Å². The highest BCUT2D eigenvalue weighted by Gasteiger charge is 2.22. The maximum Gasteiger partial charge on any atom is 0.0952 e. The van der Waals surface area contributed by atoms with Gasteiger partial charge in [0.25, 0.3) is 0 Å². The van der Waals surface area contributed by atoms with E-state index in [-0.39, 0.29) is 11.2 Å². The number of alkyl halides is 2. The summed E-state index contributed by atoms with van der Waals surface area (Å²) in [6, 6.07) is 0. The van der Waals surface area contributed by atoms with Crippen LogP contribution in [0.3, 0.4) is 0 Å². The molecule has 1 aliphatic rings. The van der Waals surface area contributed by atoms with Gasteiger partial charge in [-0.3, -0.25) is 0 Å². The van der Waals surface area contributed by atoms with Gasteiger partial charge in [0.15, 0.2) is 0 Å². The van der Waals surface area contributed by atoms with Crippen LogP contribution in [0.15, 0.2) is 0 Å². The predicted octanol–water partition coefficient (Wildman–Crippen LogP) is 2.46. The Bertz CT molecular complexity index is 110. The minimum atomic E-state index is -0.830. The molecule has 0 heterocycles. The van der Waals surface area contributed by atoms with Gasteiger partial charge in [0, 0.05) is 5.38 Å². The van der Waals surface area contributed by atoms with Gasteiger partial charge in [-0.05, 0) is 31.5 Å². The zero-order valence-electron chi connectivity index (χ0n) is 5.89. The fraction of sp³-hybridized carbons (Fsp3) is 1.00. The van der Waals surface area contributed by atoms with Gasteiger partial charge < -0.3 is 0 Å². The lowest BCUT2D eigenvalue weighted by Gasteiger charge is -2.13. The first-order valence-electron chi connectivity index (χ1n) is 3.74. The van der Waals surface area contributed by atoms with Gasteiger partial charge in [-0.2, -0.15) is 0 Å². The van der Waals surface area contributed by atoms with E-state index in [1.54, 1.807) is 0 Å². The van der Waals surface area contributed by atoms with Gasteiger partial charge >= 0.3 is 0 Å². The summed E-state index contributed by atoms with van der Waals surface area (Å²) in [6.07, 6.45) is 2.18. The number of rotatable bonds is 0. The van der Waals surface area contributed by atoms with Crippen molar-refractivity contribution in [1.82, 2.24) is 0 Å². The van der Waals surface area contributed by atoms with E-state index in [0.29, 0.717) is 12.8 Å². The van der Waals surface area contributed by atoms with E-state index in [4.69, 9.17) is 19.4 Å². The Kier molecular flexibility index (Phi) is 3.03. The monoisotopic (exact) mass is 160 g/mol. The Morgan fingerprint density at radius 2 is 2.10 bits per heavy atom. The van der Waals surface area contributed by atoms with Crippen LogP contribution in [-0.2, 0) is 0 Å². The Balaban J connectivity index is 2.41. The van der Waals surface area contributed by atoms with Gasteiger partial charge in [-0.15, -0.1) is 11.6 Å². The van der Waals surface area contributed by atoms with Crippen molar-refractivity contribution in [1.29, 1.82) is 0 Å². The third-order valence-electron chi connectivity index (χ3n) is 1.99. The van der Waals surface area contributed by atoms with Crippen molar-refractivity contribution >= 4 is 19.4 Å². The van der Waals surface area contributed by atoms with Crippen molar-refractivity contribution in [2.45, 2.75) is 43.0 Å². The van der Waals surface area contributed by atoms with Gasteiger partial charge in [0.05, 0.1) is 14.0 Å². The molecule has 3 heteroatoms. The van der Waals surface area contributed by atoms with Crippen LogP contribution in [0, 0.1) is 0 Å². The zero-order valence-corrected chi connectivity index (χ0v) is 6.65. The Labute approximate surface area is 67.5 Å². The van der Waals surface area contributed by atoms with Gasteiger partial charge in [-0.25, -0.2) is 4.39 Å². The number of halogens is 2. The SMILES string of the molecule is [B]C1C[C@H](Cl)CCCC1F. The molecule has 0 bridgehead atoms. The summed E-state index contributed by atoms with van der Waals surface area (Å²) >= 11 is 5.83. The van der Waals surface area contributed by atoms with Crippen LogP contribution in [-0.4, -0.2) is 19.4 Å². The lowest BCUT2D eigenvalue weighted by Crippen LogP contribution is -2.10. The van der Waals surface area contributed by atoms with Crippen molar-refractivity contribution in [3.8, 4) is 0 Å². The van der Waals surface area contributed by atoms with Gasteiger partial charge in [0.2, 0.25) is 0 Å². The quantitative estimate of drug-likeness (QED) is 0.290. The molecule has 0 N–H and O–H groups in total. The third kappa shape index (κ3) is 2.15.